The fourth-order valence-corrected chi connectivity index (χ4v) is 8.95. The van der Waals surface area contributed by atoms with Gasteiger partial charge in [0.2, 0.25) is 11.9 Å². The predicted octanol–water partition coefficient (Wildman–Crippen LogP) is 7.21. The second kappa shape index (κ2) is 17.2. The van der Waals surface area contributed by atoms with Crippen LogP contribution in [0.15, 0.2) is 99.5 Å². The molecule has 0 amide bonds. The van der Waals surface area contributed by atoms with Crippen molar-refractivity contribution >= 4 is 90.6 Å². The Morgan fingerprint density at radius 1 is 0.812 bits per heavy atom. The van der Waals surface area contributed by atoms with E-state index in [9.17, 15) is 41.2 Å². The summed E-state index contributed by atoms with van der Waals surface area (Å²) < 4.78 is 66.3. The first-order valence-electron chi connectivity index (χ1n) is 18.5. The van der Waals surface area contributed by atoms with Gasteiger partial charge in [0.05, 0.1) is 45.1 Å². The first kappa shape index (κ1) is 43.6. The molecule has 0 spiro atoms. The van der Waals surface area contributed by atoms with Crippen LogP contribution in [0, 0.1) is 20.8 Å². The summed E-state index contributed by atoms with van der Waals surface area (Å²) in [4.78, 5) is 56.6. The van der Waals surface area contributed by atoms with E-state index in [2.05, 4.69) is 45.3 Å². The van der Waals surface area contributed by atoms with Crippen molar-refractivity contribution < 1.29 is 55.2 Å². The van der Waals surface area contributed by atoms with Gasteiger partial charge in [0, 0.05) is 33.3 Å². The number of H-pyrrole nitrogens is 1. The highest BCUT2D eigenvalue weighted by atomic mass is 32.2. The van der Waals surface area contributed by atoms with Gasteiger partial charge in [0.15, 0.2) is 11.6 Å². The van der Waals surface area contributed by atoms with E-state index in [4.69, 9.17) is 9.44 Å². The molecule has 0 bridgehead atoms. The number of nitrogens with one attached hydrogen (secondary N) is 4. The summed E-state index contributed by atoms with van der Waals surface area (Å²) in [5, 5.41) is 32.3. The van der Waals surface area contributed by atoms with Gasteiger partial charge in [-0.05, 0) is 73.9 Å². The predicted molar refractivity (Wildman–Crippen MR) is 234 cm³/mol. The lowest BCUT2D eigenvalue weighted by atomic mass is 9.80. The number of ketones is 2. The summed E-state index contributed by atoms with van der Waals surface area (Å²) in [7, 11) is -5.07. The zero-order valence-electron chi connectivity index (χ0n) is 33.1. The van der Waals surface area contributed by atoms with Crippen LogP contribution < -0.4 is 25.7 Å². The van der Waals surface area contributed by atoms with Gasteiger partial charge in [-0.3, -0.25) is 23.5 Å². The SMILES string of the molecule is Cc1cc(C)c(Nc2nc(O)nc(Nc3cc(Nc4ccc5[nH]c(=O)c(C(=O)c6cccc(OS(=O)O)c6)c6c5c4C(=O)c4ccccc4-6)c(SOOO)cc3S(=O)(=O)O)n2)c(C)c1. The number of rotatable bonds is 14. The number of pyridine rings is 1. The third-order valence-electron chi connectivity index (χ3n) is 9.91. The van der Waals surface area contributed by atoms with E-state index in [-0.39, 0.29) is 83.9 Å². The summed E-state index contributed by atoms with van der Waals surface area (Å²) in [5.74, 6) is -1.97. The van der Waals surface area contributed by atoms with E-state index in [1.54, 1.807) is 18.2 Å². The number of aromatic hydroxyl groups is 1. The molecule has 8 N–H and O–H groups in total. The number of hydrogen-bond acceptors (Lipinski definition) is 18. The number of carbonyl (C=O) groups is 2. The van der Waals surface area contributed by atoms with Crippen LogP contribution in [0.1, 0.15) is 48.5 Å². The van der Waals surface area contributed by atoms with E-state index in [1.165, 1.54) is 48.5 Å². The molecule has 23 heteroatoms. The quantitative estimate of drug-likeness (QED) is 0.0133. The number of anilines is 6. The van der Waals surface area contributed by atoms with Gasteiger partial charge in [-0.2, -0.15) is 27.6 Å². The van der Waals surface area contributed by atoms with E-state index in [1.807, 2.05) is 32.9 Å². The van der Waals surface area contributed by atoms with Gasteiger partial charge in [-0.1, -0.05) is 59.1 Å². The van der Waals surface area contributed by atoms with Crippen LogP contribution in [-0.2, 0) is 30.9 Å². The molecule has 2 heterocycles. The Morgan fingerprint density at radius 3 is 2.20 bits per heavy atom. The summed E-state index contributed by atoms with van der Waals surface area (Å²) >= 11 is -2.41. The Hall–Kier alpha value is -7.09. The Morgan fingerprint density at radius 2 is 1.52 bits per heavy atom. The van der Waals surface area contributed by atoms with Crippen molar-refractivity contribution in [2.75, 3.05) is 16.0 Å². The standard InChI is InChI=1S/C41H31N7O13S3/c1-18-13-19(2)35(20(3)14-18)45-40-46-39(47-41(52)48-40)44-28-16-27(29(62-61-60-53)17-30(28)64(56,57)58)42-26-12-11-25-32-31(23-9-4-5-10-24(23)37(50)33(26)32)34(38(51)43-25)36(49)21-7-6-8-22(15-21)59-63(54)55/h4-17,42,53H,1-3H3,(H,43,51)(H,54,55)(H,56,57,58)(H3,44,45,46,47,48,52). The minimum atomic E-state index is -5.07. The maximum Gasteiger partial charge on any atom is 0.357 e. The zero-order valence-corrected chi connectivity index (χ0v) is 35.6. The minimum absolute atomic E-state index is 0.0345. The van der Waals surface area contributed by atoms with Crippen molar-refractivity contribution in [1.82, 2.24) is 19.9 Å². The topological polar surface area (TPSA) is 302 Å². The molecule has 326 valence electrons. The molecule has 1 aliphatic rings. The third kappa shape index (κ3) is 8.51. The van der Waals surface area contributed by atoms with Gasteiger partial charge in [-0.15, -0.1) is 4.33 Å². The molecule has 20 nitrogen and oxygen atoms in total. The number of nitrogens with zero attached hydrogens (tertiary/aromatic N) is 3. The van der Waals surface area contributed by atoms with Crippen LogP contribution in [0.5, 0.6) is 11.8 Å². The molecule has 1 atom stereocenters. The maximum atomic E-state index is 14.5. The van der Waals surface area contributed by atoms with Crippen molar-refractivity contribution in [2.24, 2.45) is 0 Å². The first-order valence-corrected chi connectivity index (χ1v) is 21.7. The van der Waals surface area contributed by atoms with E-state index in [0.29, 0.717) is 17.7 Å². The summed E-state index contributed by atoms with van der Waals surface area (Å²) in [5.41, 5.74) is 2.36. The van der Waals surface area contributed by atoms with Gasteiger partial charge >= 0.3 is 17.4 Å². The average molecular weight is 926 g/mol. The highest BCUT2D eigenvalue weighted by Gasteiger charge is 2.34. The highest BCUT2D eigenvalue weighted by molar-refractivity contribution is 7.94. The van der Waals surface area contributed by atoms with Crippen molar-refractivity contribution in [2.45, 2.75) is 30.6 Å². The molecule has 0 aliphatic heterocycles. The van der Waals surface area contributed by atoms with Crippen molar-refractivity contribution in [3.05, 3.63) is 134 Å². The Kier molecular flexibility index (Phi) is 11.7. The molecule has 0 saturated carbocycles. The van der Waals surface area contributed by atoms with Crippen LogP contribution in [0.25, 0.3) is 22.0 Å². The van der Waals surface area contributed by atoms with Crippen molar-refractivity contribution in [3.8, 4) is 22.9 Å². The lowest BCUT2D eigenvalue weighted by molar-refractivity contribution is -0.432. The molecule has 7 aromatic rings. The van der Waals surface area contributed by atoms with Gasteiger partial charge in [0.25, 0.3) is 15.7 Å². The molecule has 0 radical (unpaired) electrons. The minimum Gasteiger partial charge on any atom is -0.479 e. The Balaban J connectivity index is 1.28. The van der Waals surface area contributed by atoms with Gasteiger partial charge in [0.1, 0.15) is 10.6 Å². The fourth-order valence-electron chi connectivity index (χ4n) is 7.49. The van der Waals surface area contributed by atoms with Gasteiger partial charge < -0.3 is 30.2 Å². The number of aromatic amines is 1. The number of fused-ring (bicyclic) bond motifs is 2. The molecule has 1 aliphatic carbocycles. The summed E-state index contributed by atoms with van der Waals surface area (Å²) in [6, 6.07) is 19.7. The van der Waals surface area contributed by atoms with Gasteiger partial charge in [-0.25, -0.2) is 5.26 Å². The second-order valence-electron chi connectivity index (χ2n) is 14.1. The monoisotopic (exact) mass is 925 g/mol. The third-order valence-corrected chi connectivity index (χ3v) is 11.8. The first-order chi connectivity index (χ1) is 30.5. The molecule has 5 aromatic carbocycles. The number of benzene rings is 5. The molecule has 0 fully saturated rings. The molecule has 8 rings (SSSR count). The van der Waals surface area contributed by atoms with E-state index < -0.39 is 49.5 Å². The summed E-state index contributed by atoms with van der Waals surface area (Å²) in [6.07, 6.45) is 0. The number of aryl methyl sites for hydroxylation is 3. The van der Waals surface area contributed by atoms with E-state index >= 15 is 0 Å². The zero-order chi connectivity index (χ0) is 45.6. The molecular weight excluding hydrogens is 895 g/mol. The smallest absolute Gasteiger partial charge is 0.357 e. The van der Waals surface area contributed by atoms with Crippen LogP contribution in [-0.4, -0.2) is 63.6 Å². The number of carbonyl (C=O) groups excluding carboxylic acids is 2. The molecule has 2 aromatic heterocycles. The normalized spacial score (nSPS) is 12.4. The maximum absolute atomic E-state index is 14.5. The lowest BCUT2D eigenvalue weighted by Gasteiger charge is -2.25. The molecular formula is C41H31N7O13S3. The van der Waals surface area contributed by atoms with Crippen LogP contribution >= 0.6 is 12.0 Å². The molecule has 64 heavy (non-hydrogen) atoms. The highest BCUT2D eigenvalue weighted by Crippen LogP contribution is 2.45. The molecule has 1 unspecified atom stereocenters. The fraction of sp³-hybridized carbons (Fsp3) is 0.0732. The number of hydrogen-bond donors (Lipinski definition) is 8. The van der Waals surface area contributed by atoms with Crippen LogP contribution in [0.4, 0.5) is 34.6 Å². The summed E-state index contributed by atoms with van der Waals surface area (Å²) in [6.45, 7) is 5.65. The second-order valence-corrected chi connectivity index (χ2v) is 16.9. The lowest BCUT2D eigenvalue weighted by Crippen LogP contribution is -2.24. The van der Waals surface area contributed by atoms with Crippen LogP contribution in [0.3, 0.4) is 0 Å². The Labute approximate surface area is 368 Å². The van der Waals surface area contributed by atoms with Crippen LogP contribution in [0.2, 0.25) is 0 Å². The largest absolute Gasteiger partial charge is 0.479 e. The van der Waals surface area contributed by atoms with Crippen molar-refractivity contribution in [1.29, 1.82) is 0 Å². The molecule has 0 saturated heterocycles. The Bertz CT molecular complexity index is 3290. The average Bonchev–Trinajstić information content (AvgIpc) is 3.23. The van der Waals surface area contributed by atoms with Crippen molar-refractivity contribution in [3.63, 3.8) is 0 Å². The number of aromatic nitrogens is 4. The van der Waals surface area contributed by atoms with E-state index in [0.717, 1.165) is 22.8 Å².